The van der Waals surface area contributed by atoms with E-state index < -0.39 is 10.0 Å². The van der Waals surface area contributed by atoms with Crippen molar-refractivity contribution in [2.45, 2.75) is 30.7 Å². The smallest absolute Gasteiger partial charge is 0.243 e. The fourth-order valence-electron chi connectivity index (χ4n) is 2.36. The Bertz CT molecular complexity index is 615. The van der Waals surface area contributed by atoms with Gasteiger partial charge >= 0.3 is 0 Å². The molecule has 0 atom stereocenters. The Morgan fingerprint density at radius 2 is 1.86 bits per heavy atom. The third kappa shape index (κ3) is 3.71. The summed E-state index contributed by atoms with van der Waals surface area (Å²) in [4.78, 5) is 11.6. The van der Waals surface area contributed by atoms with Gasteiger partial charge in [0, 0.05) is 19.1 Å². The molecule has 1 aromatic carbocycles. The van der Waals surface area contributed by atoms with Crippen molar-refractivity contribution >= 4 is 15.9 Å². The molecule has 1 N–H and O–H groups in total. The average Bonchev–Trinajstić information content (AvgIpc) is 2.48. The van der Waals surface area contributed by atoms with E-state index in [4.69, 9.17) is 0 Å². The van der Waals surface area contributed by atoms with Crippen LogP contribution in [-0.2, 0) is 14.8 Å². The Labute approximate surface area is 125 Å². The lowest BCUT2D eigenvalue weighted by molar-refractivity contribution is -0.117. The summed E-state index contributed by atoms with van der Waals surface area (Å²) in [5.41, 5.74) is 1.03. The van der Waals surface area contributed by atoms with Gasteiger partial charge in [-0.25, -0.2) is 8.42 Å². The van der Waals surface area contributed by atoms with Gasteiger partial charge in [0.15, 0.2) is 0 Å². The number of amides is 1. The van der Waals surface area contributed by atoms with E-state index in [1.165, 1.54) is 10.4 Å². The number of nitrogens with zero attached hydrogens (tertiary/aromatic N) is 1. The Morgan fingerprint density at radius 3 is 2.38 bits per heavy atom. The van der Waals surface area contributed by atoms with Crippen LogP contribution in [0.1, 0.15) is 18.4 Å². The molecule has 21 heavy (non-hydrogen) atoms. The molecule has 1 aliphatic rings. The summed E-state index contributed by atoms with van der Waals surface area (Å²) in [7, 11) is -3.44. The van der Waals surface area contributed by atoms with Gasteiger partial charge in [0.1, 0.15) is 0 Å². The maximum atomic E-state index is 12.5. The molecule has 0 radical (unpaired) electrons. The molecule has 0 unspecified atom stereocenters. The number of benzene rings is 1. The average molecular weight is 308 g/mol. The van der Waals surface area contributed by atoms with E-state index in [0.29, 0.717) is 30.8 Å². The first-order valence-electron chi connectivity index (χ1n) is 6.93. The quantitative estimate of drug-likeness (QED) is 0.856. The number of hydrogen-bond donors (Lipinski definition) is 1. The molecule has 0 saturated carbocycles. The first-order chi connectivity index (χ1) is 9.93. The summed E-state index contributed by atoms with van der Waals surface area (Å²) in [6.45, 7) is 6.16. The molecular weight excluding hydrogens is 288 g/mol. The number of aryl methyl sites for hydroxylation is 1. The monoisotopic (exact) mass is 308 g/mol. The zero-order chi connectivity index (χ0) is 15.5. The van der Waals surface area contributed by atoms with Crippen LogP contribution in [0.25, 0.3) is 0 Å². The van der Waals surface area contributed by atoms with Crippen LogP contribution in [0.3, 0.4) is 0 Å². The molecular formula is C15H20N2O3S. The first kappa shape index (κ1) is 15.7. The molecule has 0 spiro atoms. The molecule has 1 aliphatic heterocycles. The highest BCUT2D eigenvalue weighted by molar-refractivity contribution is 7.89. The summed E-state index contributed by atoms with van der Waals surface area (Å²) in [6.07, 6.45) is 2.46. The number of nitrogens with one attached hydrogen (secondary N) is 1. The minimum absolute atomic E-state index is 0.0139. The summed E-state index contributed by atoms with van der Waals surface area (Å²) in [5, 5.41) is 2.81. The molecule has 0 aliphatic carbocycles. The molecule has 1 aromatic rings. The Balaban J connectivity index is 2.02. The minimum atomic E-state index is -3.44. The fraction of sp³-hybridized carbons (Fsp3) is 0.400. The third-order valence-electron chi connectivity index (χ3n) is 3.64. The van der Waals surface area contributed by atoms with Crippen molar-refractivity contribution < 1.29 is 13.2 Å². The van der Waals surface area contributed by atoms with Crippen molar-refractivity contribution in [3.05, 3.63) is 42.5 Å². The van der Waals surface area contributed by atoms with Crippen molar-refractivity contribution in [1.82, 2.24) is 9.62 Å². The minimum Gasteiger partial charge on any atom is -0.350 e. The van der Waals surface area contributed by atoms with Gasteiger partial charge in [-0.15, -0.1) is 0 Å². The highest BCUT2D eigenvalue weighted by atomic mass is 32.2. The van der Waals surface area contributed by atoms with Gasteiger partial charge in [-0.1, -0.05) is 24.3 Å². The summed E-state index contributed by atoms with van der Waals surface area (Å²) >= 11 is 0. The maximum absolute atomic E-state index is 12.5. The maximum Gasteiger partial charge on any atom is 0.243 e. The Kier molecular flexibility index (Phi) is 4.80. The van der Waals surface area contributed by atoms with Crippen molar-refractivity contribution in [2.75, 3.05) is 13.1 Å². The van der Waals surface area contributed by atoms with Crippen LogP contribution in [0, 0.1) is 6.92 Å². The molecule has 1 amide bonds. The van der Waals surface area contributed by atoms with Crippen LogP contribution in [0.5, 0.6) is 0 Å². The first-order valence-corrected chi connectivity index (χ1v) is 8.37. The van der Waals surface area contributed by atoms with E-state index in [-0.39, 0.29) is 11.9 Å². The van der Waals surface area contributed by atoms with E-state index in [2.05, 4.69) is 11.9 Å². The van der Waals surface area contributed by atoms with Crippen molar-refractivity contribution in [3.63, 3.8) is 0 Å². The predicted octanol–water partition coefficient (Wildman–Crippen LogP) is 1.45. The third-order valence-corrected chi connectivity index (χ3v) is 5.56. The molecule has 6 heteroatoms. The Morgan fingerprint density at radius 1 is 1.29 bits per heavy atom. The van der Waals surface area contributed by atoms with Gasteiger partial charge in [-0.05, 0) is 38.0 Å². The van der Waals surface area contributed by atoms with E-state index in [9.17, 15) is 13.2 Å². The molecule has 5 nitrogen and oxygen atoms in total. The van der Waals surface area contributed by atoms with Crippen LogP contribution in [0.15, 0.2) is 41.8 Å². The summed E-state index contributed by atoms with van der Waals surface area (Å²) < 4.78 is 26.5. The van der Waals surface area contributed by atoms with E-state index in [0.717, 1.165) is 5.56 Å². The molecule has 1 saturated heterocycles. The second kappa shape index (κ2) is 6.41. The van der Waals surface area contributed by atoms with E-state index in [1.54, 1.807) is 24.3 Å². The van der Waals surface area contributed by atoms with Gasteiger partial charge in [-0.3, -0.25) is 4.79 Å². The normalized spacial score (nSPS) is 17.4. The Hall–Kier alpha value is -1.66. The van der Waals surface area contributed by atoms with Gasteiger partial charge in [-0.2, -0.15) is 4.31 Å². The molecule has 114 valence electrons. The van der Waals surface area contributed by atoms with Gasteiger partial charge in [0.2, 0.25) is 15.9 Å². The van der Waals surface area contributed by atoms with Crippen molar-refractivity contribution in [3.8, 4) is 0 Å². The van der Waals surface area contributed by atoms with Gasteiger partial charge in [0.05, 0.1) is 4.90 Å². The molecule has 0 bridgehead atoms. The lowest BCUT2D eigenvalue weighted by Crippen LogP contribution is -2.46. The van der Waals surface area contributed by atoms with Crippen molar-refractivity contribution in [1.29, 1.82) is 0 Å². The summed E-state index contributed by atoms with van der Waals surface area (Å²) in [6, 6.07) is 6.88. The van der Waals surface area contributed by atoms with Crippen LogP contribution in [-0.4, -0.2) is 37.8 Å². The number of carbonyl (C=O) groups excluding carboxylic acids is 1. The highest BCUT2D eigenvalue weighted by Crippen LogP contribution is 2.21. The van der Waals surface area contributed by atoms with Gasteiger partial charge < -0.3 is 5.32 Å². The number of hydrogen-bond acceptors (Lipinski definition) is 3. The van der Waals surface area contributed by atoms with Gasteiger partial charge in [0.25, 0.3) is 0 Å². The lowest BCUT2D eigenvalue weighted by Gasteiger charge is -2.31. The highest BCUT2D eigenvalue weighted by Gasteiger charge is 2.29. The molecule has 1 fully saturated rings. The predicted molar refractivity (Wildman–Crippen MR) is 81.3 cm³/mol. The SMILES string of the molecule is C=CC(=O)NC1CCN(S(=O)(=O)c2ccc(C)cc2)CC1. The zero-order valence-corrected chi connectivity index (χ0v) is 12.9. The fourth-order valence-corrected chi connectivity index (χ4v) is 3.83. The molecule has 1 heterocycles. The zero-order valence-electron chi connectivity index (χ0n) is 12.1. The van der Waals surface area contributed by atoms with E-state index in [1.807, 2.05) is 6.92 Å². The molecule has 0 aromatic heterocycles. The van der Waals surface area contributed by atoms with Crippen molar-refractivity contribution in [2.24, 2.45) is 0 Å². The van der Waals surface area contributed by atoms with Crippen LogP contribution in [0.4, 0.5) is 0 Å². The van der Waals surface area contributed by atoms with Crippen LogP contribution < -0.4 is 5.32 Å². The number of piperidine rings is 1. The largest absolute Gasteiger partial charge is 0.350 e. The standard InChI is InChI=1S/C15H20N2O3S/c1-3-15(18)16-13-8-10-17(11-9-13)21(19,20)14-6-4-12(2)5-7-14/h3-7,13H,1,8-11H2,2H3,(H,16,18). The second-order valence-corrected chi connectivity index (χ2v) is 7.14. The summed E-state index contributed by atoms with van der Waals surface area (Å²) in [5.74, 6) is -0.213. The number of carbonyl (C=O) groups is 1. The molecule has 2 rings (SSSR count). The number of rotatable bonds is 4. The lowest BCUT2D eigenvalue weighted by atomic mass is 10.1. The second-order valence-electron chi connectivity index (χ2n) is 5.20. The topological polar surface area (TPSA) is 66.5 Å². The van der Waals surface area contributed by atoms with Crippen LogP contribution in [0.2, 0.25) is 0 Å². The van der Waals surface area contributed by atoms with Crippen LogP contribution >= 0.6 is 0 Å². The van der Waals surface area contributed by atoms with E-state index >= 15 is 0 Å². The number of sulfonamides is 1.